The quantitative estimate of drug-likeness (QED) is 0.398. The van der Waals surface area contributed by atoms with E-state index >= 15 is 0 Å². The topological polar surface area (TPSA) is 92.8 Å². The molecule has 7 nitrogen and oxygen atoms in total. The van der Waals surface area contributed by atoms with Gasteiger partial charge >= 0.3 is 5.97 Å². The summed E-state index contributed by atoms with van der Waals surface area (Å²) in [5.74, 6) is -2.39. The number of nitrogens with zero attached hydrogens (tertiary/aromatic N) is 1. The molecule has 1 heterocycles. The number of carbonyl (C=O) groups is 4. The third-order valence-corrected chi connectivity index (χ3v) is 5.96. The molecule has 2 aromatic carbocycles. The van der Waals surface area contributed by atoms with Crippen LogP contribution in [0.3, 0.4) is 0 Å². The molecule has 0 radical (unpaired) electrons. The van der Waals surface area contributed by atoms with Crippen molar-refractivity contribution >= 4 is 58.3 Å². The van der Waals surface area contributed by atoms with E-state index in [1.165, 1.54) is 41.3 Å². The summed E-state index contributed by atoms with van der Waals surface area (Å²) in [6.07, 6.45) is 4.96. The number of ether oxygens (including phenoxy) is 1. The molecule has 0 saturated carbocycles. The van der Waals surface area contributed by atoms with Gasteiger partial charge in [0, 0.05) is 5.02 Å². The summed E-state index contributed by atoms with van der Waals surface area (Å²) in [7, 11) is 0. The summed E-state index contributed by atoms with van der Waals surface area (Å²) < 4.78 is 5.03. The molecule has 164 valence electrons. The number of fused-ring (bicyclic) bond motifs is 1. The number of carbonyl (C=O) groups excluding carboxylic acids is 4. The number of esters is 1. The number of imide groups is 1. The Morgan fingerprint density at radius 3 is 2.19 bits per heavy atom. The summed E-state index contributed by atoms with van der Waals surface area (Å²) in [5.41, 5.74) is 0.933. The molecule has 0 bridgehead atoms. The Balaban J connectivity index is 1.36. The lowest BCUT2D eigenvalue weighted by Gasteiger charge is -2.15. The minimum absolute atomic E-state index is 0.184. The Labute approximate surface area is 193 Å². The van der Waals surface area contributed by atoms with Crippen LogP contribution in [0.1, 0.15) is 23.2 Å². The van der Waals surface area contributed by atoms with Crippen molar-refractivity contribution in [3.8, 4) is 0 Å². The lowest BCUT2D eigenvalue weighted by atomic mass is 9.85. The molecule has 1 N–H and O–H groups in total. The molecule has 9 heteroatoms. The zero-order valence-corrected chi connectivity index (χ0v) is 18.2. The van der Waals surface area contributed by atoms with E-state index in [-0.39, 0.29) is 34.2 Å². The van der Waals surface area contributed by atoms with Crippen molar-refractivity contribution in [2.45, 2.75) is 12.8 Å². The van der Waals surface area contributed by atoms with Crippen LogP contribution in [0, 0.1) is 11.8 Å². The van der Waals surface area contributed by atoms with E-state index < -0.39 is 18.5 Å². The first kappa shape index (κ1) is 22.0. The van der Waals surface area contributed by atoms with E-state index in [4.69, 9.17) is 27.9 Å². The van der Waals surface area contributed by atoms with Gasteiger partial charge in [-0.2, -0.15) is 0 Å². The fraction of sp³-hybridized carbons (Fsp3) is 0.217. The number of amides is 3. The second kappa shape index (κ2) is 9.14. The minimum atomic E-state index is -0.717. The molecule has 4 rings (SSSR count). The molecule has 0 spiro atoms. The van der Waals surface area contributed by atoms with Gasteiger partial charge in [0.15, 0.2) is 6.61 Å². The van der Waals surface area contributed by atoms with E-state index in [0.29, 0.717) is 29.2 Å². The Hall–Kier alpha value is -3.16. The van der Waals surface area contributed by atoms with Crippen molar-refractivity contribution in [1.82, 2.24) is 0 Å². The number of anilines is 2. The third kappa shape index (κ3) is 4.40. The monoisotopic (exact) mass is 472 g/mol. The van der Waals surface area contributed by atoms with Crippen LogP contribution in [0.2, 0.25) is 10.0 Å². The zero-order valence-electron chi connectivity index (χ0n) is 16.7. The van der Waals surface area contributed by atoms with Gasteiger partial charge in [-0.25, -0.2) is 4.79 Å². The van der Waals surface area contributed by atoms with Gasteiger partial charge in [-0.3, -0.25) is 19.3 Å². The molecule has 0 unspecified atom stereocenters. The fourth-order valence-corrected chi connectivity index (χ4v) is 4.25. The first-order valence-corrected chi connectivity index (χ1v) is 10.7. The van der Waals surface area contributed by atoms with Crippen LogP contribution in [-0.2, 0) is 19.1 Å². The molecule has 32 heavy (non-hydrogen) atoms. The number of nitrogens with one attached hydrogen (secondary N) is 1. The molecule has 1 aliphatic heterocycles. The molecule has 2 atom stereocenters. The first-order valence-electron chi connectivity index (χ1n) is 9.90. The van der Waals surface area contributed by atoms with Crippen molar-refractivity contribution in [1.29, 1.82) is 0 Å². The van der Waals surface area contributed by atoms with E-state index in [0.717, 1.165) is 0 Å². The lowest BCUT2D eigenvalue weighted by Crippen LogP contribution is -2.30. The highest BCUT2D eigenvalue weighted by atomic mass is 35.5. The summed E-state index contributed by atoms with van der Waals surface area (Å²) in [6.45, 7) is -0.515. The van der Waals surface area contributed by atoms with Crippen LogP contribution in [0.4, 0.5) is 11.4 Å². The van der Waals surface area contributed by atoms with Gasteiger partial charge in [-0.15, -0.1) is 0 Å². The third-order valence-electron chi connectivity index (χ3n) is 5.41. The highest BCUT2D eigenvalue weighted by Crippen LogP contribution is 2.37. The van der Waals surface area contributed by atoms with Crippen molar-refractivity contribution in [3.05, 3.63) is 70.2 Å². The van der Waals surface area contributed by atoms with Crippen LogP contribution in [-0.4, -0.2) is 30.3 Å². The van der Waals surface area contributed by atoms with Crippen molar-refractivity contribution in [3.63, 3.8) is 0 Å². The highest BCUT2D eigenvalue weighted by molar-refractivity contribution is 6.36. The number of allylic oxidation sites excluding steroid dienone is 2. The predicted octanol–water partition coefficient (Wildman–Crippen LogP) is 4.24. The highest BCUT2D eigenvalue weighted by Gasteiger charge is 2.47. The molecule has 3 amide bonds. The molecule has 0 aromatic heterocycles. The van der Waals surface area contributed by atoms with Gasteiger partial charge in [0.1, 0.15) is 0 Å². The fourth-order valence-electron chi connectivity index (χ4n) is 3.79. The van der Waals surface area contributed by atoms with E-state index in [2.05, 4.69) is 5.32 Å². The molecule has 1 saturated heterocycles. The second-order valence-electron chi connectivity index (χ2n) is 7.46. The summed E-state index contributed by atoms with van der Waals surface area (Å²) in [4.78, 5) is 50.8. The smallest absolute Gasteiger partial charge is 0.338 e. The average Bonchev–Trinajstić information content (AvgIpc) is 3.04. The summed E-state index contributed by atoms with van der Waals surface area (Å²) >= 11 is 11.8. The standard InChI is InChI=1S/C23H18Cl2N2O5/c24-14-7-10-19(18(25)11-14)26-20(28)12-32-23(31)13-5-8-15(9-6-13)27-21(29)16-3-1-2-4-17(16)22(27)30/h1-2,5-11,16-17H,3-4,12H2,(H,26,28)/t16-,17+. The number of halogens is 2. The molecule has 1 fully saturated rings. The van der Waals surface area contributed by atoms with Crippen LogP contribution in [0.15, 0.2) is 54.6 Å². The van der Waals surface area contributed by atoms with Gasteiger partial charge in [-0.1, -0.05) is 35.4 Å². The lowest BCUT2D eigenvalue weighted by molar-refractivity contribution is -0.122. The number of benzene rings is 2. The molecular formula is C23H18Cl2N2O5. The largest absolute Gasteiger partial charge is 0.452 e. The second-order valence-corrected chi connectivity index (χ2v) is 8.31. The maximum absolute atomic E-state index is 12.7. The van der Waals surface area contributed by atoms with Gasteiger partial charge in [0.2, 0.25) is 11.8 Å². The van der Waals surface area contributed by atoms with Crippen LogP contribution < -0.4 is 10.2 Å². The summed E-state index contributed by atoms with van der Waals surface area (Å²) in [6, 6.07) is 10.5. The Bertz CT molecular complexity index is 1100. The number of rotatable bonds is 5. The average molecular weight is 473 g/mol. The maximum Gasteiger partial charge on any atom is 0.338 e. The van der Waals surface area contributed by atoms with Crippen LogP contribution in [0.5, 0.6) is 0 Å². The van der Waals surface area contributed by atoms with Crippen LogP contribution in [0.25, 0.3) is 0 Å². The molecule has 2 aliphatic rings. The van der Waals surface area contributed by atoms with Crippen molar-refractivity contribution < 1.29 is 23.9 Å². The Morgan fingerprint density at radius 1 is 0.969 bits per heavy atom. The van der Waals surface area contributed by atoms with Crippen molar-refractivity contribution in [2.24, 2.45) is 11.8 Å². The molecular weight excluding hydrogens is 455 g/mol. The van der Waals surface area contributed by atoms with Crippen LogP contribution >= 0.6 is 23.2 Å². The Morgan fingerprint density at radius 2 is 1.59 bits per heavy atom. The maximum atomic E-state index is 12.7. The van der Waals surface area contributed by atoms with Gasteiger partial charge < -0.3 is 10.1 Å². The van der Waals surface area contributed by atoms with E-state index in [1.807, 2.05) is 12.2 Å². The molecule has 2 aromatic rings. The number of hydrogen-bond donors (Lipinski definition) is 1. The van der Waals surface area contributed by atoms with Crippen molar-refractivity contribution in [2.75, 3.05) is 16.8 Å². The van der Waals surface area contributed by atoms with Gasteiger partial charge in [0.25, 0.3) is 5.91 Å². The van der Waals surface area contributed by atoms with Gasteiger partial charge in [0.05, 0.1) is 33.8 Å². The normalized spacial score (nSPS) is 19.6. The minimum Gasteiger partial charge on any atom is -0.452 e. The first-order chi connectivity index (χ1) is 15.3. The SMILES string of the molecule is O=C(COC(=O)c1ccc(N2C(=O)[C@H]3CC=CC[C@H]3C2=O)cc1)Nc1ccc(Cl)cc1Cl. The number of hydrogen-bond acceptors (Lipinski definition) is 5. The van der Waals surface area contributed by atoms with E-state index in [1.54, 1.807) is 6.07 Å². The zero-order chi connectivity index (χ0) is 22.8. The van der Waals surface area contributed by atoms with E-state index in [9.17, 15) is 19.2 Å². The molecule has 1 aliphatic carbocycles. The predicted molar refractivity (Wildman–Crippen MR) is 120 cm³/mol. The summed E-state index contributed by atoms with van der Waals surface area (Å²) in [5, 5.41) is 3.22. The Kier molecular flexibility index (Phi) is 6.30. The van der Waals surface area contributed by atoms with Gasteiger partial charge in [-0.05, 0) is 55.3 Å².